The number of aliphatic carboxylic acids is 2. The molecular weight excluding hydrogens is 270 g/mol. The fourth-order valence-electron chi connectivity index (χ4n) is 1.93. The van der Waals surface area contributed by atoms with Gasteiger partial charge in [-0.1, -0.05) is 39.0 Å². The summed E-state index contributed by atoms with van der Waals surface area (Å²) in [7, 11) is 0. The van der Waals surface area contributed by atoms with Crippen LogP contribution in [0.25, 0.3) is 0 Å². The van der Waals surface area contributed by atoms with Crippen LogP contribution in [0.2, 0.25) is 0 Å². The lowest BCUT2D eigenvalue weighted by Crippen LogP contribution is -2.54. The van der Waals surface area contributed by atoms with Crippen LogP contribution in [0.1, 0.15) is 51.9 Å². The van der Waals surface area contributed by atoms with Gasteiger partial charge in [0.15, 0.2) is 5.34 Å². The summed E-state index contributed by atoms with van der Waals surface area (Å²) >= 11 is 0. The molecule has 3 N–H and O–H groups in total. The number of hydrogen-bond acceptors (Lipinski definition) is 6. The van der Waals surface area contributed by atoms with Gasteiger partial charge in [0.2, 0.25) is 6.10 Å². The molecule has 8 heteroatoms. The predicted octanol–water partition coefficient (Wildman–Crippen LogP) is 1.70. The molecule has 0 saturated carbocycles. The van der Waals surface area contributed by atoms with Crippen molar-refractivity contribution in [2.24, 2.45) is 5.34 Å². The number of aliphatic hydroxyl groups excluding tert-OH is 1. The molecule has 0 fully saturated rings. The van der Waals surface area contributed by atoms with Crippen molar-refractivity contribution in [3.63, 3.8) is 0 Å². The molecule has 0 radical (unpaired) electrons. The van der Waals surface area contributed by atoms with Gasteiger partial charge < -0.3 is 20.2 Å². The van der Waals surface area contributed by atoms with Gasteiger partial charge in [-0.15, -0.1) is 4.91 Å². The highest BCUT2D eigenvalue weighted by Crippen LogP contribution is 2.26. The summed E-state index contributed by atoms with van der Waals surface area (Å²) in [6.45, 7) is 2.06. The average molecular weight is 291 g/mol. The molecule has 0 bridgehead atoms. The van der Waals surface area contributed by atoms with Crippen molar-refractivity contribution < 1.29 is 29.7 Å². The van der Waals surface area contributed by atoms with Crippen LogP contribution in [0.15, 0.2) is 5.34 Å². The number of nitrogens with zero attached hydrogens (tertiary/aromatic N) is 1. The highest BCUT2D eigenvalue weighted by molar-refractivity contribution is 5.87. The molecule has 116 valence electrons. The number of carbonyl (C=O) groups is 2. The van der Waals surface area contributed by atoms with E-state index in [0.29, 0.717) is 12.8 Å². The summed E-state index contributed by atoms with van der Waals surface area (Å²) in [5, 5.41) is 29.3. The topological polar surface area (TPSA) is 133 Å². The fourth-order valence-corrected chi connectivity index (χ4v) is 1.93. The van der Waals surface area contributed by atoms with Crippen LogP contribution in [0, 0.1) is 4.91 Å². The van der Waals surface area contributed by atoms with E-state index >= 15 is 0 Å². The quantitative estimate of drug-likeness (QED) is 0.283. The van der Waals surface area contributed by atoms with Crippen LogP contribution in [-0.4, -0.2) is 39.0 Å². The van der Waals surface area contributed by atoms with Crippen LogP contribution in [0.4, 0.5) is 0 Å². The maximum Gasteiger partial charge on any atom is 0.354 e. The van der Waals surface area contributed by atoms with Gasteiger partial charge in [0, 0.05) is 6.42 Å². The Balaban J connectivity index is 4.64. The first kappa shape index (κ1) is 18.3. The van der Waals surface area contributed by atoms with E-state index in [-0.39, 0.29) is 6.42 Å². The van der Waals surface area contributed by atoms with Crippen molar-refractivity contribution in [1.29, 1.82) is 0 Å². The third-order valence-corrected chi connectivity index (χ3v) is 3.14. The number of hydrogen-bond donors (Lipinski definition) is 3. The zero-order valence-corrected chi connectivity index (χ0v) is 11.4. The van der Waals surface area contributed by atoms with Gasteiger partial charge in [0.1, 0.15) is 0 Å². The van der Waals surface area contributed by atoms with Gasteiger partial charge in [-0.05, 0) is 6.42 Å². The Morgan fingerprint density at radius 3 is 2.15 bits per heavy atom. The monoisotopic (exact) mass is 291 g/mol. The molecule has 0 aliphatic carbocycles. The van der Waals surface area contributed by atoms with Crippen LogP contribution in [0.3, 0.4) is 0 Å². The Labute approximate surface area is 116 Å². The second-order valence-corrected chi connectivity index (χ2v) is 4.62. The number of carboxylic acid groups (broad SMARTS) is 2. The zero-order valence-electron chi connectivity index (χ0n) is 11.4. The molecule has 0 aliphatic heterocycles. The first-order chi connectivity index (χ1) is 9.42. The van der Waals surface area contributed by atoms with E-state index < -0.39 is 23.6 Å². The number of carboxylic acids is 2. The minimum absolute atomic E-state index is 0.298. The minimum Gasteiger partial charge on any atom is -0.479 e. The van der Waals surface area contributed by atoms with Gasteiger partial charge >= 0.3 is 11.9 Å². The lowest BCUT2D eigenvalue weighted by atomic mass is 9.89. The molecule has 2 atom stereocenters. The Bertz CT molecular complexity index is 334. The third-order valence-electron chi connectivity index (χ3n) is 3.14. The Morgan fingerprint density at radius 2 is 1.70 bits per heavy atom. The largest absolute Gasteiger partial charge is 0.479 e. The van der Waals surface area contributed by atoms with Crippen molar-refractivity contribution in [3.8, 4) is 0 Å². The first-order valence-corrected chi connectivity index (χ1v) is 6.57. The van der Waals surface area contributed by atoms with Crippen molar-refractivity contribution in [2.75, 3.05) is 0 Å². The van der Waals surface area contributed by atoms with Gasteiger partial charge in [0.05, 0.1) is 0 Å². The van der Waals surface area contributed by atoms with E-state index in [9.17, 15) is 19.6 Å². The molecule has 0 saturated heterocycles. The lowest BCUT2D eigenvalue weighted by molar-refractivity contribution is -0.195. The number of rotatable bonds is 12. The third kappa shape index (κ3) is 5.12. The number of unbranched alkanes of at least 4 members (excludes halogenated alkanes) is 5. The van der Waals surface area contributed by atoms with Crippen LogP contribution in [-0.2, 0) is 14.4 Å². The van der Waals surface area contributed by atoms with Gasteiger partial charge in [-0.2, -0.15) is 0 Å². The van der Waals surface area contributed by atoms with E-state index in [0.717, 1.165) is 25.7 Å². The second kappa shape index (κ2) is 9.24. The van der Waals surface area contributed by atoms with E-state index in [2.05, 4.69) is 11.8 Å². The van der Waals surface area contributed by atoms with Gasteiger partial charge in [0.25, 0.3) is 5.60 Å². The molecule has 0 amide bonds. The molecule has 0 spiro atoms. The maximum absolute atomic E-state index is 11.2. The summed E-state index contributed by atoms with van der Waals surface area (Å²) < 4.78 is 0. The predicted molar refractivity (Wildman–Crippen MR) is 68.9 cm³/mol. The molecule has 20 heavy (non-hydrogen) atoms. The van der Waals surface area contributed by atoms with Crippen LogP contribution in [0.5, 0.6) is 0 Å². The standard InChI is InChI=1S/C12H21NO7/c1-2-3-4-5-6-7-8-12(11(17)18,20-13-19)9(14)10(15)16/h9,14H,2-8H2,1H3,(H,15,16)(H,17,18). The van der Waals surface area contributed by atoms with E-state index in [1.807, 2.05) is 5.34 Å². The second-order valence-electron chi connectivity index (χ2n) is 4.62. The van der Waals surface area contributed by atoms with Crippen molar-refractivity contribution in [3.05, 3.63) is 4.91 Å². The summed E-state index contributed by atoms with van der Waals surface area (Å²) in [5.41, 5.74) is -2.53. The summed E-state index contributed by atoms with van der Waals surface area (Å²) in [4.78, 5) is 36.3. The SMILES string of the molecule is CCCCCCCCC(ON=O)(C(=O)O)C(O)C(=O)O. The fraction of sp³-hybridized carbons (Fsp3) is 0.833. The summed E-state index contributed by atoms with van der Waals surface area (Å²) in [5.74, 6) is -3.50. The van der Waals surface area contributed by atoms with E-state index in [1.165, 1.54) is 0 Å². The molecule has 8 nitrogen and oxygen atoms in total. The van der Waals surface area contributed by atoms with Crippen molar-refractivity contribution in [1.82, 2.24) is 0 Å². The molecule has 0 aromatic carbocycles. The maximum atomic E-state index is 11.2. The van der Waals surface area contributed by atoms with E-state index in [4.69, 9.17) is 10.2 Å². The molecule has 2 unspecified atom stereocenters. The minimum atomic E-state index is -2.53. The smallest absolute Gasteiger partial charge is 0.354 e. The Morgan fingerprint density at radius 1 is 1.15 bits per heavy atom. The van der Waals surface area contributed by atoms with Gasteiger partial charge in [-0.3, -0.25) is 0 Å². The summed E-state index contributed by atoms with van der Waals surface area (Å²) in [6, 6.07) is 0. The highest BCUT2D eigenvalue weighted by atomic mass is 16.7. The van der Waals surface area contributed by atoms with Crippen LogP contribution < -0.4 is 0 Å². The van der Waals surface area contributed by atoms with Crippen LogP contribution >= 0.6 is 0 Å². The Kier molecular flexibility index (Phi) is 8.46. The van der Waals surface area contributed by atoms with Crippen molar-refractivity contribution in [2.45, 2.75) is 63.6 Å². The number of aliphatic hydroxyl groups is 1. The molecule has 0 aromatic heterocycles. The summed E-state index contributed by atoms with van der Waals surface area (Å²) in [6.07, 6.45) is 2.30. The Hall–Kier alpha value is -1.70. The first-order valence-electron chi connectivity index (χ1n) is 6.57. The van der Waals surface area contributed by atoms with Crippen molar-refractivity contribution >= 4 is 11.9 Å². The molecule has 0 heterocycles. The normalized spacial score (nSPS) is 15.1. The zero-order chi connectivity index (χ0) is 15.6. The van der Waals surface area contributed by atoms with Gasteiger partial charge in [-0.25, -0.2) is 9.59 Å². The highest BCUT2D eigenvalue weighted by Gasteiger charge is 2.52. The molecular formula is C12H21NO7. The molecule has 0 aromatic rings. The molecule has 0 aliphatic rings. The molecule has 0 rings (SSSR count). The lowest BCUT2D eigenvalue weighted by Gasteiger charge is -2.27. The average Bonchev–Trinajstić information content (AvgIpc) is 2.40. The van der Waals surface area contributed by atoms with E-state index in [1.54, 1.807) is 0 Å².